The number of hydrogen-bond donors (Lipinski definition) is 4. The van der Waals surface area contributed by atoms with Crippen molar-refractivity contribution in [2.24, 2.45) is 5.10 Å². The molecule has 16 heteroatoms. The SMILES string of the molecule is [CH2-]C(=O)N/N=C(\C)CCS(=O)(=O)OCC1CN(C(=O)c2cc3cc(NC(=O)c4cc5ccccc5[nH]4)ccc3[nH]2)c2cc(OC(C)=O)c3ccccc3c21.[V]. The molecule has 281 valence electrons. The van der Waals surface area contributed by atoms with E-state index >= 15 is 0 Å². The van der Waals surface area contributed by atoms with E-state index in [-0.39, 0.29) is 61.2 Å². The molecule has 0 aliphatic carbocycles. The number of nitrogens with one attached hydrogen (secondary N) is 4. The van der Waals surface area contributed by atoms with Crippen molar-refractivity contribution in [3.8, 4) is 5.75 Å². The third kappa shape index (κ3) is 8.45. The Morgan fingerprint density at radius 3 is 2.33 bits per heavy atom. The second-order valence-corrected chi connectivity index (χ2v) is 14.7. The van der Waals surface area contributed by atoms with Crippen LogP contribution in [0.15, 0.2) is 90.0 Å². The molecule has 0 saturated carbocycles. The summed E-state index contributed by atoms with van der Waals surface area (Å²) in [6, 6.07) is 25.1. The molecule has 3 amide bonds. The van der Waals surface area contributed by atoms with Crippen LogP contribution in [0.25, 0.3) is 32.6 Å². The number of aromatic amines is 2. The number of hydrogen-bond acceptors (Lipinski definition) is 9. The molecule has 4 aromatic carbocycles. The van der Waals surface area contributed by atoms with E-state index < -0.39 is 33.8 Å². The van der Waals surface area contributed by atoms with Crippen LogP contribution in [0.3, 0.4) is 0 Å². The molecule has 1 radical (unpaired) electrons. The summed E-state index contributed by atoms with van der Waals surface area (Å²) in [5.74, 6) is -2.61. The zero-order chi connectivity index (χ0) is 38.1. The maximum atomic E-state index is 14.3. The Morgan fingerprint density at radius 1 is 0.891 bits per heavy atom. The number of benzene rings is 4. The Bertz CT molecular complexity index is 2600. The van der Waals surface area contributed by atoms with Crippen LogP contribution >= 0.6 is 0 Å². The van der Waals surface area contributed by atoms with Gasteiger partial charge in [-0.2, -0.15) is 13.5 Å². The number of nitrogens with zero attached hydrogens (tertiary/aromatic N) is 2. The molecule has 0 bridgehead atoms. The van der Waals surface area contributed by atoms with E-state index in [9.17, 15) is 27.6 Å². The Balaban J connectivity index is 0.00000514. The molecule has 4 N–H and O–H groups in total. The Hall–Kier alpha value is -5.87. The zero-order valence-corrected chi connectivity index (χ0v) is 31.9. The van der Waals surface area contributed by atoms with E-state index in [0.717, 1.165) is 10.9 Å². The van der Waals surface area contributed by atoms with E-state index in [1.54, 1.807) is 61.5 Å². The van der Waals surface area contributed by atoms with Crippen molar-refractivity contribution in [1.82, 2.24) is 15.4 Å². The van der Waals surface area contributed by atoms with E-state index in [1.165, 1.54) is 11.8 Å². The number of rotatable bonds is 11. The summed E-state index contributed by atoms with van der Waals surface area (Å²) in [7, 11) is -4.05. The van der Waals surface area contributed by atoms with Crippen LogP contribution in [-0.4, -0.2) is 66.7 Å². The molecule has 1 atom stereocenters. The fourth-order valence-corrected chi connectivity index (χ4v) is 7.61. The Labute approximate surface area is 327 Å². The van der Waals surface area contributed by atoms with Crippen molar-refractivity contribution in [3.63, 3.8) is 0 Å². The molecule has 0 saturated heterocycles. The van der Waals surface area contributed by atoms with Crippen molar-refractivity contribution in [2.75, 3.05) is 29.1 Å². The number of H-pyrrole nitrogens is 2. The molecule has 14 nitrogen and oxygen atoms in total. The van der Waals surface area contributed by atoms with Gasteiger partial charge in [-0.1, -0.05) is 42.5 Å². The number of hydrazone groups is 1. The predicted octanol–water partition coefficient (Wildman–Crippen LogP) is 5.78. The van der Waals surface area contributed by atoms with Gasteiger partial charge >= 0.3 is 5.97 Å². The quantitative estimate of drug-likeness (QED) is 0.0316. The minimum absolute atomic E-state index is 0. The van der Waals surface area contributed by atoms with Gasteiger partial charge in [0.25, 0.3) is 21.9 Å². The fraction of sp³-hybridized carbons (Fsp3) is 0.179. The second-order valence-electron chi connectivity index (χ2n) is 12.9. The molecule has 0 spiro atoms. The van der Waals surface area contributed by atoms with Crippen LogP contribution in [-0.2, 0) is 42.4 Å². The summed E-state index contributed by atoms with van der Waals surface area (Å²) in [6.45, 7) is 5.81. The molecule has 3 heterocycles. The molecule has 0 fully saturated rings. The molecule has 1 aliphatic heterocycles. The maximum absolute atomic E-state index is 14.3. The number of ether oxygens (including phenoxy) is 1. The summed E-state index contributed by atoms with van der Waals surface area (Å²) in [6.07, 6.45) is 0.0119. The van der Waals surface area contributed by atoms with Gasteiger partial charge < -0.3 is 36.6 Å². The molecule has 1 aliphatic rings. The van der Waals surface area contributed by atoms with Crippen LogP contribution in [0, 0.1) is 6.92 Å². The number of carbonyl (C=O) groups is 4. The van der Waals surface area contributed by atoms with Crippen molar-refractivity contribution in [3.05, 3.63) is 109 Å². The van der Waals surface area contributed by atoms with E-state index in [0.29, 0.717) is 50.0 Å². The van der Waals surface area contributed by atoms with Crippen LogP contribution < -0.4 is 20.4 Å². The average molecular weight is 799 g/mol. The zero-order valence-electron chi connectivity index (χ0n) is 29.7. The number of carbonyl (C=O) groups excluding carboxylic acids is 4. The summed E-state index contributed by atoms with van der Waals surface area (Å²) in [5.41, 5.74) is 6.33. The van der Waals surface area contributed by atoms with E-state index in [1.807, 2.05) is 30.3 Å². The average Bonchev–Trinajstić information content (AvgIpc) is 3.87. The summed E-state index contributed by atoms with van der Waals surface area (Å²) >= 11 is 0. The molecule has 7 rings (SSSR count). The maximum Gasteiger partial charge on any atom is 0.308 e. The van der Waals surface area contributed by atoms with Crippen LogP contribution in [0.2, 0.25) is 0 Å². The minimum Gasteiger partial charge on any atom is -0.426 e. The van der Waals surface area contributed by atoms with Crippen LogP contribution in [0.5, 0.6) is 5.75 Å². The molecular weight excluding hydrogens is 763 g/mol. The summed E-state index contributed by atoms with van der Waals surface area (Å²) in [5, 5.41) is 9.58. The van der Waals surface area contributed by atoms with Gasteiger partial charge in [0.05, 0.1) is 18.0 Å². The van der Waals surface area contributed by atoms with E-state index in [4.69, 9.17) is 8.92 Å². The van der Waals surface area contributed by atoms with Crippen molar-refractivity contribution < 1.29 is 55.1 Å². The van der Waals surface area contributed by atoms with Crippen LogP contribution in [0.4, 0.5) is 11.4 Å². The van der Waals surface area contributed by atoms with Crippen LogP contribution in [0.1, 0.15) is 52.7 Å². The minimum atomic E-state index is -4.05. The number of aromatic nitrogens is 2. The smallest absolute Gasteiger partial charge is 0.308 e. The van der Waals surface area contributed by atoms with Gasteiger partial charge in [0.1, 0.15) is 23.0 Å². The first-order valence-corrected chi connectivity index (χ1v) is 18.5. The van der Waals surface area contributed by atoms with Gasteiger partial charge in [-0.15, -0.1) is 0 Å². The van der Waals surface area contributed by atoms with Gasteiger partial charge in [-0.05, 0) is 54.3 Å². The normalized spacial score (nSPS) is 14.1. The molecule has 6 aromatic rings. The first-order chi connectivity index (χ1) is 25.8. The number of fused-ring (bicyclic) bond motifs is 5. The number of esters is 1. The molecular formula is C39H35N6O8SV-. The van der Waals surface area contributed by atoms with Crippen molar-refractivity contribution in [1.29, 1.82) is 0 Å². The summed E-state index contributed by atoms with van der Waals surface area (Å²) in [4.78, 5) is 58.3. The Kier molecular flexibility index (Phi) is 11.2. The first-order valence-electron chi connectivity index (χ1n) is 16.9. The predicted molar refractivity (Wildman–Crippen MR) is 205 cm³/mol. The topological polar surface area (TPSA) is 192 Å². The fourth-order valence-electron chi connectivity index (χ4n) is 6.58. The monoisotopic (exact) mass is 798 g/mol. The Morgan fingerprint density at radius 2 is 1.58 bits per heavy atom. The van der Waals surface area contributed by atoms with Gasteiger partial charge in [-0.25, -0.2) is 0 Å². The van der Waals surface area contributed by atoms with Gasteiger partial charge in [-0.3, -0.25) is 24.0 Å². The number of amides is 3. The van der Waals surface area contributed by atoms with Gasteiger partial charge in [0.2, 0.25) is 0 Å². The standard InChI is InChI=1S/C39H35N6O8S.V/c1-22(43-44-23(2)46)14-15-54(50,51)52-21-27-20-45(35-19-36(53-24(3)47)29-9-5-6-10-30(29)37(27)35)39(49)34-18-26-16-28(12-13-32(26)42-34)40-38(48)33-17-25-8-4-7-11-31(25)41-33;/h4-13,16-19,27,41-42H,2,14-15,20-21H2,1,3H3,(H,40,48)(H,44,46);/q-1;/b43-22+;. The van der Waals surface area contributed by atoms with Crippen molar-refractivity contribution >= 4 is 83.5 Å². The second kappa shape index (κ2) is 15.9. The van der Waals surface area contributed by atoms with Gasteiger partial charge in [0, 0.05) is 89.0 Å². The largest absolute Gasteiger partial charge is 0.426 e. The third-order valence-corrected chi connectivity index (χ3v) is 10.2. The van der Waals surface area contributed by atoms with Crippen molar-refractivity contribution in [2.45, 2.75) is 26.2 Å². The summed E-state index contributed by atoms with van der Waals surface area (Å²) < 4.78 is 37.1. The number of para-hydroxylation sites is 1. The van der Waals surface area contributed by atoms with E-state index in [2.05, 4.69) is 32.7 Å². The molecule has 1 unspecified atom stereocenters. The third-order valence-electron chi connectivity index (χ3n) is 9.05. The first kappa shape index (κ1) is 38.8. The molecule has 2 aromatic heterocycles. The van der Waals surface area contributed by atoms with Gasteiger partial charge in [0.15, 0.2) is 0 Å². The molecule has 55 heavy (non-hydrogen) atoms. The number of anilines is 2.